The molecule has 3 aromatic rings. The Morgan fingerprint density at radius 1 is 0.879 bits per heavy atom. The van der Waals surface area contributed by atoms with E-state index >= 15 is 0 Å². The number of hydrogen-bond acceptors (Lipinski definition) is 12. The Morgan fingerprint density at radius 3 is 2.27 bits per heavy atom. The van der Waals surface area contributed by atoms with Gasteiger partial charge in [0.05, 0.1) is 6.61 Å². The van der Waals surface area contributed by atoms with Crippen LogP contribution in [0, 0.1) is 0 Å². The predicted molar refractivity (Wildman–Crippen MR) is 109 cm³/mol. The molecule has 4 rings (SSSR count). The van der Waals surface area contributed by atoms with E-state index in [0.29, 0.717) is 0 Å². The van der Waals surface area contributed by atoms with E-state index in [1.54, 1.807) is 0 Å². The Bertz CT molecular complexity index is 1250. The van der Waals surface area contributed by atoms with Crippen molar-refractivity contribution in [1.29, 1.82) is 0 Å². The molecule has 12 heteroatoms. The van der Waals surface area contributed by atoms with Gasteiger partial charge in [-0.25, -0.2) is 0 Å². The van der Waals surface area contributed by atoms with Crippen LogP contribution >= 0.6 is 0 Å². The maximum absolute atomic E-state index is 13.2. The highest BCUT2D eigenvalue weighted by atomic mass is 16.7. The van der Waals surface area contributed by atoms with E-state index in [1.165, 1.54) is 6.07 Å². The summed E-state index contributed by atoms with van der Waals surface area (Å²) in [5.74, 6) is -3.05. The Kier molecular flexibility index (Phi) is 5.78. The Labute approximate surface area is 184 Å². The summed E-state index contributed by atoms with van der Waals surface area (Å²) in [5.41, 5.74) is -1.19. The summed E-state index contributed by atoms with van der Waals surface area (Å²) in [4.78, 5) is 13.2. The van der Waals surface area contributed by atoms with Crippen LogP contribution < -0.4 is 10.2 Å². The SMILES string of the molecule is O=c1c(O[C@@H]2O[C@H](CO)[C@H](O)[C@H](O)[C@H]2O)c(-c2ccc(O)c(O)c2)oc2cc(O)cc(O)c12. The van der Waals surface area contributed by atoms with Crippen molar-refractivity contribution in [1.82, 2.24) is 0 Å². The smallest absolute Gasteiger partial charge is 0.239 e. The molecule has 12 nitrogen and oxygen atoms in total. The third kappa shape index (κ3) is 3.90. The van der Waals surface area contributed by atoms with Crippen LogP contribution in [0.1, 0.15) is 0 Å². The predicted octanol–water partition coefficient (Wildman–Crippen LogP) is -0.539. The van der Waals surface area contributed by atoms with E-state index in [1.807, 2.05) is 0 Å². The topological polar surface area (TPSA) is 211 Å². The molecule has 1 aliphatic heterocycles. The number of aliphatic hydroxyl groups is 4. The standard InChI is InChI=1S/C21H20O12/c22-6-13-15(27)17(29)18(30)21(32-13)33-20-16(28)14-11(26)4-8(23)5-12(14)31-19(20)7-1-2-9(24)10(25)3-7/h1-5,13,15,17-18,21-27,29-30H,6H2/t13-,15+,17+,18-,21+/m1/s1. The van der Waals surface area contributed by atoms with Crippen molar-refractivity contribution >= 4 is 11.0 Å². The molecule has 0 spiro atoms. The first-order valence-electron chi connectivity index (χ1n) is 9.64. The molecule has 0 amide bonds. The monoisotopic (exact) mass is 464 g/mol. The number of aromatic hydroxyl groups is 4. The third-order valence-electron chi connectivity index (χ3n) is 5.24. The number of benzene rings is 2. The molecular formula is C21H20O12. The second-order valence-electron chi connectivity index (χ2n) is 7.45. The molecule has 5 atom stereocenters. The first-order chi connectivity index (χ1) is 15.6. The lowest BCUT2D eigenvalue weighted by molar-refractivity contribution is -0.277. The number of aliphatic hydroxyl groups excluding tert-OH is 4. The van der Waals surface area contributed by atoms with E-state index in [9.17, 15) is 45.6 Å². The largest absolute Gasteiger partial charge is 0.508 e. The Morgan fingerprint density at radius 2 is 1.61 bits per heavy atom. The lowest BCUT2D eigenvalue weighted by atomic mass is 9.99. The van der Waals surface area contributed by atoms with E-state index in [2.05, 4.69) is 0 Å². The molecule has 1 fully saturated rings. The molecule has 0 radical (unpaired) electrons. The molecule has 0 aliphatic carbocycles. The molecule has 0 bridgehead atoms. The van der Waals surface area contributed by atoms with Gasteiger partial charge in [0.1, 0.15) is 46.9 Å². The normalized spacial score (nSPS) is 25.3. The van der Waals surface area contributed by atoms with E-state index < -0.39 is 71.5 Å². The van der Waals surface area contributed by atoms with Gasteiger partial charge in [-0.15, -0.1) is 0 Å². The molecule has 0 unspecified atom stereocenters. The molecule has 2 heterocycles. The van der Waals surface area contributed by atoms with Crippen LogP contribution in [0.4, 0.5) is 0 Å². The number of ether oxygens (including phenoxy) is 2. The van der Waals surface area contributed by atoms with Crippen LogP contribution in [0.15, 0.2) is 39.5 Å². The maximum Gasteiger partial charge on any atom is 0.239 e. The van der Waals surface area contributed by atoms with Crippen molar-refractivity contribution < 1.29 is 54.7 Å². The zero-order valence-electron chi connectivity index (χ0n) is 16.7. The second kappa shape index (κ2) is 8.42. The van der Waals surface area contributed by atoms with Crippen molar-refractivity contribution in [3.05, 3.63) is 40.6 Å². The minimum Gasteiger partial charge on any atom is -0.508 e. The quantitative estimate of drug-likeness (QED) is 0.229. The summed E-state index contributed by atoms with van der Waals surface area (Å²) in [6, 6.07) is 5.36. The molecule has 1 aliphatic rings. The minimum atomic E-state index is -1.85. The van der Waals surface area contributed by atoms with Crippen molar-refractivity contribution in [2.75, 3.05) is 6.61 Å². The third-order valence-corrected chi connectivity index (χ3v) is 5.24. The number of hydrogen-bond donors (Lipinski definition) is 8. The lowest BCUT2D eigenvalue weighted by Gasteiger charge is -2.39. The van der Waals surface area contributed by atoms with E-state index in [-0.39, 0.29) is 22.3 Å². The van der Waals surface area contributed by atoms with Gasteiger partial charge in [0, 0.05) is 17.7 Å². The van der Waals surface area contributed by atoms with Crippen molar-refractivity contribution in [2.24, 2.45) is 0 Å². The van der Waals surface area contributed by atoms with Gasteiger partial charge in [-0.2, -0.15) is 0 Å². The first-order valence-corrected chi connectivity index (χ1v) is 9.64. The van der Waals surface area contributed by atoms with Gasteiger partial charge >= 0.3 is 0 Å². The van der Waals surface area contributed by atoms with Gasteiger partial charge in [-0.05, 0) is 18.2 Å². The molecule has 8 N–H and O–H groups in total. The van der Waals surface area contributed by atoms with Crippen molar-refractivity contribution in [3.63, 3.8) is 0 Å². The van der Waals surface area contributed by atoms with Crippen LogP contribution in [-0.4, -0.2) is 78.2 Å². The summed E-state index contributed by atoms with van der Waals surface area (Å²) < 4.78 is 16.5. The average Bonchev–Trinajstić information content (AvgIpc) is 2.76. The zero-order valence-corrected chi connectivity index (χ0v) is 16.7. The maximum atomic E-state index is 13.2. The van der Waals surface area contributed by atoms with Crippen LogP contribution in [0.3, 0.4) is 0 Å². The molecular weight excluding hydrogens is 444 g/mol. The van der Waals surface area contributed by atoms with Gasteiger partial charge in [-0.1, -0.05) is 0 Å². The molecule has 1 aromatic heterocycles. The first kappa shape index (κ1) is 22.6. The van der Waals surface area contributed by atoms with Gasteiger partial charge in [0.25, 0.3) is 0 Å². The highest BCUT2D eigenvalue weighted by Gasteiger charge is 2.45. The number of fused-ring (bicyclic) bond motifs is 1. The summed E-state index contributed by atoms with van der Waals surface area (Å²) in [7, 11) is 0. The minimum absolute atomic E-state index is 0.0201. The fourth-order valence-corrected chi connectivity index (χ4v) is 3.51. The van der Waals surface area contributed by atoms with Crippen LogP contribution in [0.5, 0.6) is 28.7 Å². The lowest BCUT2D eigenvalue weighted by Crippen LogP contribution is -2.60. The number of phenolic OH excluding ortho intramolecular Hbond substituents is 4. The van der Waals surface area contributed by atoms with Crippen molar-refractivity contribution in [3.8, 4) is 40.1 Å². The van der Waals surface area contributed by atoms with Gasteiger partial charge in [0.15, 0.2) is 17.3 Å². The molecule has 2 aromatic carbocycles. The average molecular weight is 464 g/mol. The highest BCUT2D eigenvalue weighted by Crippen LogP contribution is 2.39. The summed E-state index contributed by atoms with van der Waals surface area (Å²) in [5, 5.41) is 78.7. The Balaban J connectivity index is 1.91. The van der Waals surface area contributed by atoms with Gasteiger partial charge in [-0.3, -0.25) is 4.79 Å². The van der Waals surface area contributed by atoms with E-state index in [4.69, 9.17) is 13.9 Å². The molecule has 176 valence electrons. The van der Waals surface area contributed by atoms with Gasteiger partial charge < -0.3 is 54.7 Å². The summed E-state index contributed by atoms with van der Waals surface area (Å²) >= 11 is 0. The van der Waals surface area contributed by atoms with Crippen LogP contribution in [-0.2, 0) is 4.74 Å². The molecule has 0 saturated carbocycles. The number of phenols is 4. The highest BCUT2D eigenvalue weighted by molar-refractivity contribution is 5.88. The summed E-state index contributed by atoms with van der Waals surface area (Å²) in [6.07, 6.45) is -8.40. The second-order valence-corrected chi connectivity index (χ2v) is 7.45. The fraction of sp³-hybridized carbons (Fsp3) is 0.286. The van der Waals surface area contributed by atoms with Crippen LogP contribution in [0.2, 0.25) is 0 Å². The number of rotatable bonds is 4. The molecule has 33 heavy (non-hydrogen) atoms. The van der Waals surface area contributed by atoms with Crippen molar-refractivity contribution in [2.45, 2.75) is 30.7 Å². The summed E-state index contributed by atoms with van der Waals surface area (Å²) in [6.45, 7) is -0.740. The van der Waals surface area contributed by atoms with Gasteiger partial charge in [0.2, 0.25) is 17.5 Å². The zero-order chi connectivity index (χ0) is 24.0. The van der Waals surface area contributed by atoms with E-state index in [0.717, 1.165) is 24.3 Å². The Hall–Kier alpha value is -3.55. The fourth-order valence-electron chi connectivity index (χ4n) is 3.51. The van der Waals surface area contributed by atoms with Crippen LogP contribution in [0.25, 0.3) is 22.3 Å². The molecule has 1 saturated heterocycles.